The fourth-order valence-corrected chi connectivity index (χ4v) is 4.05. The number of aryl methyl sites for hydroxylation is 1. The van der Waals surface area contributed by atoms with Gasteiger partial charge >= 0.3 is 0 Å². The maximum absolute atomic E-state index is 13.1. The van der Waals surface area contributed by atoms with Gasteiger partial charge in [-0.1, -0.05) is 29.8 Å². The van der Waals surface area contributed by atoms with Gasteiger partial charge in [-0.2, -0.15) is 0 Å². The van der Waals surface area contributed by atoms with E-state index in [-0.39, 0.29) is 18.2 Å². The second-order valence-corrected chi connectivity index (χ2v) is 7.92. The number of fused-ring (bicyclic) bond motifs is 1. The molecule has 2 heterocycles. The maximum atomic E-state index is 13.1. The summed E-state index contributed by atoms with van der Waals surface area (Å²) in [5, 5.41) is 14.8. The molecule has 0 aromatic heterocycles. The molecule has 2 fully saturated rings. The molecule has 9 nitrogen and oxygen atoms in total. The lowest BCUT2D eigenvalue weighted by Crippen LogP contribution is -2.72. The first-order chi connectivity index (χ1) is 15.4. The van der Waals surface area contributed by atoms with Crippen LogP contribution in [0.4, 0.5) is 11.4 Å². The minimum Gasteiger partial charge on any atom is -0.492 e. The molecule has 2 aromatic rings. The standard InChI is InChI=1S/C23H27N5O4/c1-3-32-17-7-5-4-6-16(17)25-21(30)15-12-18(29)26-20-19(15)22(31)28-23(27-20)24-14-10-8-13(2)9-11-14/h4-11,15,19-20,23-24,27H,3,12H2,1-2H3,(H,25,30)(H,26,29)(H,28,31). The van der Waals surface area contributed by atoms with Crippen LogP contribution in [-0.2, 0) is 14.4 Å². The number of amides is 3. The lowest BCUT2D eigenvalue weighted by molar-refractivity contribution is -0.144. The molecule has 4 unspecified atom stereocenters. The molecular weight excluding hydrogens is 410 g/mol. The molecule has 2 saturated heterocycles. The van der Waals surface area contributed by atoms with E-state index >= 15 is 0 Å². The van der Waals surface area contributed by atoms with Crippen LogP contribution in [0.1, 0.15) is 18.9 Å². The van der Waals surface area contributed by atoms with E-state index in [0.717, 1.165) is 11.3 Å². The van der Waals surface area contributed by atoms with E-state index < -0.39 is 30.2 Å². The van der Waals surface area contributed by atoms with Crippen LogP contribution in [0, 0.1) is 18.8 Å². The normalized spacial score (nSPS) is 24.6. The number of piperidine rings is 1. The third-order valence-corrected chi connectivity index (χ3v) is 5.59. The van der Waals surface area contributed by atoms with Gasteiger partial charge < -0.3 is 26.0 Å². The molecule has 0 bridgehead atoms. The van der Waals surface area contributed by atoms with Crippen LogP contribution in [-0.4, -0.2) is 36.8 Å². The molecule has 168 valence electrons. The number of benzene rings is 2. The van der Waals surface area contributed by atoms with Gasteiger partial charge in [-0.05, 0) is 38.1 Å². The average Bonchev–Trinajstić information content (AvgIpc) is 2.76. The van der Waals surface area contributed by atoms with Gasteiger partial charge in [0.2, 0.25) is 17.7 Å². The third kappa shape index (κ3) is 4.67. The Morgan fingerprint density at radius 1 is 1.09 bits per heavy atom. The van der Waals surface area contributed by atoms with E-state index in [4.69, 9.17) is 4.74 Å². The number of para-hydroxylation sites is 2. The zero-order chi connectivity index (χ0) is 22.7. The number of hydrogen-bond donors (Lipinski definition) is 5. The van der Waals surface area contributed by atoms with Crippen molar-refractivity contribution in [1.29, 1.82) is 0 Å². The third-order valence-electron chi connectivity index (χ3n) is 5.59. The van der Waals surface area contributed by atoms with Crippen molar-refractivity contribution in [2.75, 3.05) is 17.2 Å². The van der Waals surface area contributed by atoms with Crippen molar-refractivity contribution < 1.29 is 19.1 Å². The quantitative estimate of drug-likeness (QED) is 0.467. The van der Waals surface area contributed by atoms with Gasteiger partial charge in [0.25, 0.3) is 0 Å². The van der Waals surface area contributed by atoms with E-state index in [1.165, 1.54) is 0 Å². The van der Waals surface area contributed by atoms with Crippen LogP contribution in [0.2, 0.25) is 0 Å². The Labute approximate surface area is 186 Å². The Balaban J connectivity index is 1.48. The van der Waals surface area contributed by atoms with Gasteiger partial charge in [0.15, 0.2) is 6.29 Å². The van der Waals surface area contributed by atoms with Crippen molar-refractivity contribution >= 4 is 29.1 Å². The molecule has 2 aliphatic heterocycles. The van der Waals surface area contributed by atoms with E-state index in [2.05, 4.69) is 26.6 Å². The number of hydrogen-bond acceptors (Lipinski definition) is 6. The number of anilines is 2. The van der Waals surface area contributed by atoms with Crippen molar-refractivity contribution in [3.8, 4) is 5.75 Å². The summed E-state index contributed by atoms with van der Waals surface area (Å²) in [7, 11) is 0. The Hall–Kier alpha value is -3.59. The van der Waals surface area contributed by atoms with Crippen molar-refractivity contribution in [2.45, 2.75) is 32.7 Å². The Morgan fingerprint density at radius 3 is 2.59 bits per heavy atom. The van der Waals surface area contributed by atoms with Gasteiger partial charge in [0, 0.05) is 12.1 Å². The van der Waals surface area contributed by atoms with Gasteiger partial charge in [0.1, 0.15) is 5.75 Å². The van der Waals surface area contributed by atoms with Gasteiger partial charge in [-0.25, -0.2) is 0 Å². The molecule has 4 atom stereocenters. The van der Waals surface area contributed by atoms with Crippen LogP contribution in [0.15, 0.2) is 48.5 Å². The summed E-state index contributed by atoms with van der Waals surface area (Å²) in [6.07, 6.45) is -1.34. The highest BCUT2D eigenvalue weighted by Crippen LogP contribution is 2.30. The predicted octanol–water partition coefficient (Wildman–Crippen LogP) is 1.53. The highest BCUT2D eigenvalue weighted by atomic mass is 16.5. The minimum atomic E-state index is -0.823. The topological polar surface area (TPSA) is 121 Å². The largest absolute Gasteiger partial charge is 0.492 e. The van der Waals surface area contributed by atoms with Gasteiger partial charge in [-0.15, -0.1) is 0 Å². The first kappa shape index (κ1) is 21.6. The van der Waals surface area contributed by atoms with Crippen LogP contribution >= 0.6 is 0 Å². The fourth-order valence-electron chi connectivity index (χ4n) is 4.05. The molecule has 32 heavy (non-hydrogen) atoms. The molecule has 0 spiro atoms. The zero-order valence-electron chi connectivity index (χ0n) is 18.0. The monoisotopic (exact) mass is 437 g/mol. The summed E-state index contributed by atoms with van der Waals surface area (Å²) in [5.41, 5.74) is 2.44. The first-order valence-electron chi connectivity index (χ1n) is 10.7. The van der Waals surface area contributed by atoms with Crippen LogP contribution in [0.3, 0.4) is 0 Å². The number of carbonyl (C=O) groups is 3. The molecule has 2 aliphatic rings. The average molecular weight is 438 g/mol. The van der Waals surface area contributed by atoms with E-state index in [0.29, 0.717) is 18.0 Å². The predicted molar refractivity (Wildman–Crippen MR) is 120 cm³/mol. The Kier molecular flexibility index (Phi) is 6.27. The van der Waals surface area contributed by atoms with Gasteiger partial charge in [-0.3, -0.25) is 19.7 Å². The van der Waals surface area contributed by atoms with Crippen LogP contribution in [0.25, 0.3) is 0 Å². The summed E-state index contributed by atoms with van der Waals surface area (Å²) in [4.78, 5) is 38.4. The molecule has 5 N–H and O–H groups in total. The number of ether oxygens (including phenoxy) is 1. The second kappa shape index (κ2) is 9.27. The molecule has 0 radical (unpaired) electrons. The fraction of sp³-hybridized carbons (Fsp3) is 0.348. The molecule has 3 amide bonds. The molecular formula is C23H27N5O4. The summed E-state index contributed by atoms with van der Waals surface area (Å²) < 4.78 is 5.56. The minimum absolute atomic E-state index is 0.0744. The molecule has 9 heteroatoms. The maximum Gasteiger partial charge on any atom is 0.229 e. The number of nitrogens with one attached hydrogen (secondary N) is 5. The molecule has 4 rings (SSSR count). The SMILES string of the molecule is CCOc1ccccc1NC(=O)C1CC(=O)NC2NC(Nc3ccc(C)cc3)NC(=O)C21. The smallest absolute Gasteiger partial charge is 0.229 e. The van der Waals surface area contributed by atoms with Crippen molar-refractivity contribution in [2.24, 2.45) is 11.8 Å². The van der Waals surface area contributed by atoms with Crippen molar-refractivity contribution in [3.05, 3.63) is 54.1 Å². The lowest BCUT2D eigenvalue weighted by Gasteiger charge is -2.43. The summed E-state index contributed by atoms with van der Waals surface area (Å²) in [6, 6.07) is 14.8. The van der Waals surface area contributed by atoms with E-state index in [1.807, 2.05) is 44.2 Å². The summed E-state index contributed by atoms with van der Waals surface area (Å²) >= 11 is 0. The summed E-state index contributed by atoms with van der Waals surface area (Å²) in [5.74, 6) is -2.03. The van der Waals surface area contributed by atoms with Crippen LogP contribution < -0.4 is 31.3 Å². The molecule has 2 aromatic carbocycles. The van der Waals surface area contributed by atoms with Gasteiger partial charge in [0.05, 0.1) is 30.3 Å². The van der Waals surface area contributed by atoms with Crippen molar-refractivity contribution in [1.82, 2.24) is 16.0 Å². The lowest BCUT2D eigenvalue weighted by atomic mass is 9.81. The zero-order valence-corrected chi connectivity index (χ0v) is 18.0. The van der Waals surface area contributed by atoms with Crippen molar-refractivity contribution in [3.63, 3.8) is 0 Å². The highest BCUT2D eigenvalue weighted by Gasteiger charge is 2.48. The molecule has 0 aliphatic carbocycles. The second-order valence-electron chi connectivity index (χ2n) is 7.92. The number of rotatable bonds is 6. The highest BCUT2D eigenvalue weighted by molar-refractivity contribution is 6.00. The molecule has 0 saturated carbocycles. The Morgan fingerprint density at radius 2 is 1.84 bits per heavy atom. The number of carbonyl (C=O) groups excluding carboxylic acids is 3. The van der Waals surface area contributed by atoms with E-state index in [1.54, 1.807) is 18.2 Å². The van der Waals surface area contributed by atoms with Crippen LogP contribution in [0.5, 0.6) is 5.75 Å². The Bertz CT molecular complexity index is 1010. The van der Waals surface area contributed by atoms with E-state index in [9.17, 15) is 14.4 Å². The summed E-state index contributed by atoms with van der Waals surface area (Å²) in [6.45, 7) is 4.30. The first-order valence-corrected chi connectivity index (χ1v) is 10.7.